The normalized spacial score (nSPS) is 32.8. The molecular formula is C27H27NO11. The van der Waals surface area contributed by atoms with Gasteiger partial charge in [-0.05, 0) is 13.0 Å². The van der Waals surface area contributed by atoms with Crippen molar-refractivity contribution in [1.29, 1.82) is 0 Å². The monoisotopic (exact) mass is 541 g/mol. The highest BCUT2D eigenvalue weighted by molar-refractivity contribution is 6.31. The van der Waals surface area contributed by atoms with Gasteiger partial charge in [-0.3, -0.25) is 14.4 Å². The van der Waals surface area contributed by atoms with E-state index in [0.717, 1.165) is 0 Å². The highest BCUT2D eigenvalue weighted by Gasteiger charge is 2.60. The van der Waals surface area contributed by atoms with Gasteiger partial charge in [-0.1, -0.05) is 12.1 Å². The average Bonchev–Trinajstić information content (AvgIpc) is 2.96. The summed E-state index contributed by atoms with van der Waals surface area (Å²) >= 11 is 0. The van der Waals surface area contributed by atoms with Crippen LogP contribution in [0.1, 0.15) is 68.8 Å². The van der Waals surface area contributed by atoms with E-state index in [0.29, 0.717) is 0 Å². The van der Waals surface area contributed by atoms with Crippen LogP contribution in [0.15, 0.2) is 18.2 Å². The molecule has 0 saturated carbocycles. The molecule has 6 N–H and O–H groups in total. The summed E-state index contributed by atoms with van der Waals surface area (Å²) in [6.07, 6.45) is -4.10. The van der Waals surface area contributed by atoms with Gasteiger partial charge in [0.2, 0.25) is 11.6 Å². The lowest BCUT2D eigenvalue weighted by Gasteiger charge is -2.48. The summed E-state index contributed by atoms with van der Waals surface area (Å²) in [4.78, 5) is 40.5. The molecule has 0 aromatic heterocycles. The molecule has 12 nitrogen and oxygen atoms in total. The first-order valence-corrected chi connectivity index (χ1v) is 12.5. The van der Waals surface area contributed by atoms with E-state index in [-0.39, 0.29) is 40.8 Å². The van der Waals surface area contributed by atoms with Crippen LogP contribution in [0, 0.1) is 0 Å². The van der Waals surface area contributed by atoms with Crippen LogP contribution in [0.2, 0.25) is 0 Å². The molecule has 0 unspecified atom stereocenters. The smallest absolute Gasteiger partial charge is 0.208 e. The highest BCUT2D eigenvalue weighted by Crippen LogP contribution is 2.55. The summed E-state index contributed by atoms with van der Waals surface area (Å²) in [6.45, 7) is 0.513. The van der Waals surface area contributed by atoms with Crippen LogP contribution < -0.4 is 10.5 Å². The molecule has 0 spiro atoms. The number of nitrogens with two attached hydrogens (primary N) is 1. The van der Waals surface area contributed by atoms with E-state index < -0.39 is 88.9 Å². The number of hydrogen-bond donors (Lipinski definition) is 5. The van der Waals surface area contributed by atoms with Crippen molar-refractivity contribution in [2.24, 2.45) is 5.73 Å². The minimum absolute atomic E-state index is 0.0297. The Bertz CT molecular complexity index is 1440. The van der Waals surface area contributed by atoms with Crippen molar-refractivity contribution in [3.8, 4) is 17.2 Å². The van der Waals surface area contributed by atoms with Gasteiger partial charge in [0.05, 0.1) is 35.9 Å². The Kier molecular flexibility index (Phi) is 5.67. The van der Waals surface area contributed by atoms with Crippen molar-refractivity contribution in [2.45, 2.75) is 62.1 Å². The number of hydrogen-bond acceptors (Lipinski definition) is 12. The van der Waals surface area contributed by atoms with Gasteiger partial charge in [-0.2, -0.15) is 0 Å². The summed E-state index contributed by atoms with van der Waals surface area (Å²) in [5.74, 6) is -5.61. The minimum atomic E-state index is -2.16. The maximum atomic E-state index is 13.7. The largest absolute Gasteiger partial charge is 0.507 e. The number of aromatic hydroxyl groups is 2. The van der Waals surface area contributed by atoms with Gasteiger partial charge in [0.25, 0.3) is 0 Å². The SMILES string of the molecule is COc1cccc2c1C(=O)c1c(O)c3c(c(O)c1C2=O)C[C@@]1(C(=O)CO)C[C@@H]3O[C@H]2C[C@H](N)[C@@](O)(O1)[C@H](C)O2. The second-order valence-electron chi connectivity index (χ2n) is 10.4. The first kappa shape index (κ1) is 25.9. The van der Waals surface area contributed by atoms with E-state index in [1.54, 1.807) is 0 Å². The Hall–Kier alpha value is -3.39. The number of Topliss-reactive ketones (excluding diaryl/α,β-unsaturated/α-hetero) is 1. The molecule has 206 valence electrons. The van der Waals surface area contributed by atoms with E-state index in [2.05, 4.69) is 0 Å². The third-order valence-corrected chi connectivity index (χ3v) is 8.30. The topological polar surface area (TPSA) is 195 Å². The lowest BCUT2D eigenvalue weighted by atomic mass is 9.71. The summed E-state index contributed by atoms with van der Waals surface area (Å²) < 4.78 is 23.3. The molecule has 0 amide bonds. The number of fused-ring (bicyclic) bond motifs is 5. The molecule has 7 rings (SSSR count). The zero-order valence-electron chi connectivity index (χ0n) is 21.1. The third-order valence-electron chi connectivity index (χ3n) is 8.30. The van der Waals surface area contributed by atoms with Crippen molar-refractivity contribution in [2.75, 3.05) is 13.7 Å². The predicted octanol–water partition coefficient (Wildman–Crippen LogP) is 0.367. The van der Waals surface area contributed by atoms with Crippen LogP contribution in [0.5, 0.6) is 17.2 Å². The van der Waals surface area contributed by atoms with Crippen LogP contribution in [-0.4, -0.2) is 81.3 Å². The summed E-state index contributed by atoms with van der Waals surface area (Å²) in [5, 5.41) is 44.3. The van der Waals surface area contributed by atoms with Gasteiger partial charge >= 0.3 is 0 Å². The Morgan fingerprint density at radius 1 is 1.13 bits per heavy atom. The van der Waals surface area contributed by atoms with Gasteiger partial charge < -0.3 is 45.1 Å². The lowest BCUT2D eigenvalue weighted by Crippen LogP contribution is -2.67. The van der Waals surface area contributed by atoms with E-state index in [9.17, 15) is 34.8 Å². The maximum absolute atomic E-state index is 13.7. The fourth-order valence-electron chi connectivity index (χ4n) is 6.31. The van der Waals surface area contributed by atoms with Gasteiger partial charge in [0, 0.05) is 36.0 Å². The van der Waals surface area contributed by atoms with Gasteiger partial charge in [-0.15, -0.1) is 0 Å². The maximum Gasteiger partial charge on any atom is 0.208 e. The van der Waals surface area contributed by atoms with Gasteiger partial charge in [0.15, 0.2) is 17.9 Å². The summed E-state index contributed by atoms with van der Waals surface area (Å²) in [7, 11) is 1.34. The second kappa shape index (κ2) is 8.55. The van der Waals surface area contributed by atoms with Crippen molar-refractivity contribution < 1.29 is 53.8 Å². The van der Waals surface area contributed by atoms with Crippen molar-refractivity contribution in [3.05, 3.63) is 51.6 Å². The summed E-state index contributed by atoms with van der Waals surface area (Å²) in [6, 6.07) is 3.36. The molecule has 5 aliphatic rings. The molecule has 3 heterocycles. The van der Waals surface area contributed by atoms with Gasteiger partial charge in [0.1, 0.15) is 35.6 Å². The third kappa shape index (κ3) is 3.36. The van der Waals surface area contributed by atoms with E-state index >= 15 is 0 Å². The molecule has 3 fully saturated rings. The number of carbonyl (C=O) groups excluding carboxylic acids is 3. The van der Waals surface area contributed by atoms with Crippen molar-refractivity contribution in [1.82, 2.24) is 0 Å². The van der Waals surface area contributed by atoms with Crippen LogP contribution in [0.25, 0.3) is 0 Å². The number of phenolic OH excluding ortho intramolecular Hbond substituents is 2. The quantitative estimate of drug-likeness (QED) is 0.286. The molecule has 3 saturated heterocycles. The molecule has 2 aliphatic carbocycles. The zero-order valence-corrected chi connectivity index (χ0v) is 21.1. The van der Waals surface area contributed by atoms with E-state index in [4.69, 9.17) is 24.7 Å². The van der Waals surface area contributed by atoms with Crippen LogP contribution >= 0.6 is 0 Å². The number of aliphatic hydroxyl groups excluding tert-OH is 1. The molecular weight excluding hydrogens is 514 g/mol. The number of methoxy groups -OCH3 is 1. The minimum Gasteiger partial charge on any atom is -0.507 e. The van der Waals surface area contributed by atoms with E-state index in [1.165, 1.54) is 32.2 Å². The Labute approximate surface area is 221 Å². The molecule has 2 aromatic carbocycles. The molecule has 3 aliphatic heterocycles. The van der Waals surface area contributed by atoms with Crippen molar-refractivity contribution in [3.63, 3.8) is 0 Å². The molecule has 4 bridgehead atoms. The Morgan fingerprint density at radius 2 is 1.85 bits per heavy atom. The number of ether oxygens (including phenoxy) is 4. The Morgan fingerprint density at radius 3 is 2.51 bits per heavy atom. The second-order valence-corrected chi connectivity index (χ2v) is 10.4. The number of phenols is 2. The molecule has 39 heavy (non-hydrogen) atoms. The van der Waals surface area contributed by atoms with Crippen LogP contribution in [-0.2, 0) is 25.4 Å². The average molecular weight is 542 g/mol. The molecule has 6 atom stereocenters. The predicted molar refractivity (Wildman–Crippen MR) is 130 cm³/mol. The number of rotatable bonds is 3. The lowest BCUT2D eigenvalue weighted by molar-refractivity contribution is -0.348. The molecule has 2 aromatic rings. The number of carbonyl (C=O) groups is 3. The van der Waals surface area contributed by atoms with Crippen molar-refractivity contribution >= 4 is 17.3 Å². The highest BCUT2D eigenvalue weighted by atomic mass is 16.7. The van der Waals surface area contributed by atoms with Crippen LogP contribution in [0.4, 0.5) is 0 Å². The van der Waals surface area contributed by atoms with E-state index in [1.807, 2.05) is 0 Å². The number of aliphatic hydroxyl groups is 2. The molecule has 12 heteroatoms. The van der Waals surface area contributed by atoms with Crippen LogP contribution in [0.3, 0.4) is 0 Å². The first-order valence-electron chi connectivity index (χ1n) is 12.5. The molecule has 0 radical (unpaired) electrons. The number of ketones is 3. The first-order chi connectivity index (χ1) is 18.5. The zero-order chi connectivity index (χ0) is 28.0. The van der Waals surface area contributed by atoms with Gasteiger partial charge in [-0.25, -0.2) is 0 Å². The fourth-order valence-corrected chi connectivity index (χ4v) is 6.31. The Balaban J connectivity index is 1.62. The summed E-state index contributed by atoms with van der Waals surface area (Å²) in [5.41, 5.74) is 3.18. The standard InChI is InChI=1S/C27H27NO11/c1-10-27(35)15(28)6-17(37-10)38-14-8-26(39-27,16(30)9-29)7-12-19(14)25(34)21-20(23(12)32)22(31)11-4-3-5-13(36-2)18(11)24(21)33/h3-5,10,14-15,17,29,32,34-35H,6-9,28H2,1-2H3/t10-,14-,15-,17-,26-,27-/m0/s1. The number of benzene rings is 2. The fraction of sp³-hybridized carbons (Fsp3) is 0.444.